The highest BCUT2D eigenvalue weighted by molar-refractivity contribution is 6.01. The highest BCUT2D eigenvalue weighted by Gasteiger charge is 2.33. The van der Waals surface area contributed by atoms with Gasteiger partial charge >= 0.3 is 0 Å². The molecule has 1 atom stereocenters. The van der Waals surface area contributed by atoms with Crippen LogP contribution in [0.4, 0.5) is 4.39 Å². The Balaban J connectivity index is 1.42. The number of oxime groups is 1. The number of halogens is 1. The van der Waals surface area contributed by atoms with E-state index in [-0.39, 0.29) is 23.7 Å². The van der Waals surface area contributed by atoms with E-state index in [2.05, 4.69) is 5.16 Å². The van der Waals surface area contributed by atoms with Gasteiger partial charge in [-0.05, 0) is 60.4 Å². The molecule has 1 aliphatic carbocycles. The highest BCUT2D eigenvalue weighted by Crippen LogP contribution is 2.30. The first-order valence-corrected chi connectivity index (χ1v) is 10.0. The van der Waals surface area contributed by atoms with Gasteiger partial charge in [-0.3, -0.25) is 4.79 Å². The minimum Gasteiger partial charge on any atom is -0.497 e. The van der Waals surface area contributed by atoms with Gasteiger partial charge in [0.15, 0.2) is 6.10 Å². The molecule has 1 amide bonds. The van der Waals surface area contributed by atoms with Crippen molar-refractivity contribution in [2.75, 3.05) is 13.7 Å². The first-order chi connectivity index (χ1) is 14.1. The summed E-state index contributed by atoms with van der Waals surface area (Å²) in [7, 11) is 1.63. The van der Waals surface area contributed by atoms with Crippen LogP contribution in [0.25, 0.3) is 0 Å². The van der Waals surface area contributed by atoms with Crippen LogP contribution in [0.15, 0.2) is 53.7 Å². The van der Waals surface area contributed by atoms with E-state index in [0.29, 0.717) is 19.5 Å². The van der Waals surface area contributed by atoms with E-state index < -0.39 is 0 Å². The minimum atomic E-state index is -0.276. The monoisotopic (exact) mass is 396 g/mol. The Morgan fingerprint density at radius 2 is 1.90 bits per heavy atom. The Morgan fingerprint density at radius 1 is 1.17 bits per heavy atom. The number of rotatable bonds is 7. The molecule has 29 heavy (non-hydrogen) atoms. The molecule has 152 valence electrons. The van der Waals surface area contributed by atoms with Crippen molar-refractivity contribution in [2.24, 2.45) is 11.1 Å². The van der Waals surface area contributed by atoms with Crippen LogP contribution in [0.1, 0.15) is 36.8 Å². The van der Waals surface area contributed by atoms with Crippen molar-refractivity contribution in [2.45, 2.75) is 38.3 Å². The van der Waals surface area contributed by atoms with Gasteiger partial charge in [-0.1, -0.05) is 23.7 Å². The summed E-state index contributed by atoms with van der Waals surface area (Å²) in [6.07, 6.45) is 3.45. The predicted molar refractivity (Wildman–Crippen MR) is 108 cm³/mol. The van der Waals surface area contributed by atoms with Gasteiger partial charge in [0, 0.05) is 18.9 Å². The van der Waals surface area contributed by atoms with Crippen molar-refractivity contribution in [3.05, 3.63) is 65.5 Å². The van der Waals surface area contributed by atoms with Gasteiger partial charge in [0.1, 0.15) is 11.6 Å². The maximum Gasteiger partial charge on any atom is 0.226 e. The number of hydrogen-bond acceptors (Lipinski definition) is 4. The largest absolute Gasteiger partial charge is 0.497 e. The molecule has 0 radical (unpaired) electrons. The molecule has 1 unspecified atom stereocenters. The molecule has 1 saturated carbocycles. The summed E-state index contributed by atoms with van der Waals surface area (Å²) in [5.41, 5.74) is 2.77. The first-order valence-electron chi connectivity index (χ1n) is 10.0. The zero-order chi connectivity index (χ0) is 20.2. The third kappa shape index (κ3) is 4.58. The molecule has 1 fully saturated rings. The molecule has 1 heterocycles. The zero-order valence-corrected chi connectivity index (χ0v) is 16.5. The van der Waals surface area contributed by atoms with E-state index in [1.165, 1.54) is 12.1 Å². The number of methoxy groups -OCH3 is 1. The fourth-order valence-electron chi connectivity index (χ4n) is 3.68. The number of amides is 1. The summed E-state index contributed by atoms with van der Waals surface area (Å²) in [4.78, 5) is 20.4. The number of benzene rings is 2. The number of nitrogens with zero attached hydrogens (tertiary/aromatic N) is 2. The van der Waals surface area contributed by atoms with E-state index in [1.807, 2.05) is 29.2 Å². The summed E-state index contributed by atoms with van der Waals surface area (Å²) >= 11 is 0. The number of carbonyl (C=O) groups excluding carboxylic acids is 1. The molecule has 0 spiro atoms. The zero-order valence-electron chi connectivity index (χ0n) is 16.5. The molecular formula is C23H25FN2O3. The van der Waals surface area contributed by atoms with Crippen LogP contribution in [0.5, 0.6) is 5.75 Å². The molecule has 4 rings (SSSR count). The van der Waals surface area contributed by atoms with Crippen LogP contribution in [-0.4, -0.2) is 36.3 Å². The summed E-state index contributed by atoms with van der Waals surface area (Å²) in [5, 5.41) is 4.24. The molecule has 0 saturated heterocycles. The lowest BCUT2D eigenvalue weighted by Crippen LogP contribution is -2.42. The van der Waals surface area contributed by atoms with Gasteiger partial charge in [-0.25, -0.2) is 4.39 Å². The van der Waals surface area contributed by atoms with Gasteiger partial charge in [0.25, 0.3) is 0 Å². The third-order valence-corrected chi connectivity index (χ3v) is 5.63. The van der Waals surface area contributed by atoms with Crippen LogP contribution in [0.3, 0.4) is 0 Å². The van der Waals surface area contributed by atoms with Crippen molar-refractivity contribution in [1.29, 1.82) is 0 Å². The molecule has 0 bridgehead atoms. The lowest BCUT2D eigenvalue weighted by atomic mass is 9.84. The van der Waals surface area contributed by atoms with Crippen LogP contribution < -0.4 is 4.74 Å². The average molecular weight is 396 g/mol. The van der Waals surface area contributed by atoms with Crippen LogP contribution >= 0.6 is 0 Å². The van der Waals surface area contributed by atoms with Crippen LogP contribution in [0, 0.1) is 11.7 Å². The Labute approximate surface area is 170 Å². The van der Waals surface area contributed by atoms with Crippen LogP contribution in [0.2, 0.25) is 0 Å². The Kier molecular flexibility index (Phi) is 5.79. The Bertz CT molecular complexity index is 876. The van der Waals surface area contributed by atoms with Gasteiger partial charge in [0.2, 0.25) is 5.91 Å². The van der Waals surface area contributed by atoms with E-state index >= 15 is 0 Å². The SMILES string of the molecule is COc1ccc(C2=NOC(CN(Cc3ccc(F)cc3)C(=O)C3CCC3)C2)cc1. The van der Waals surface area contributed by atoms with Crippen molar-refractivity contribution >= 4 is 11.6 Å². The summed E-state index contributed by atoms with van der Waals surface area (Å²) in [6, 6.07) is 14.0. The fraction of sp³-hybridized carbons (Fsp3) is 0.391. The Morgan fingerprint density at radius 3 is 2.52 bits per heavy atom. The Hall–Kier alpha value is -2.89. The summed E-state index contributed by atoms with van der Waals surface area (Å²) in [6.45, 7) is 0.920. The topological polar surface area (TPSA) is 51.1 Å². The quantitative estimate of drug-likeness (QED) is 0.706. The molecule has 0 aromatic heterocycles. The van der Waals surface area contributed by atoms with Crippen LogP contribution in [-0.2, 0) is 16.2 Å². The predicted octanol–water partition coefficient (Wildman–Crippen LogP) is 4.16. The maximum atomic E-state index is 13.2. The van der Waals surface area contributed by atoms with E-state index in [9.17, 15) is 9.18 Å². The van der Waals surface area contributed by atoms with Crippen molar-refractivity contribution in [3.8, 4) is 5.75 Å². The first kappa shape index (κ1) is 19.4. The van der Waals surface area contributed by atoms with Crippen molar-refractivity contribution in [3.63, 3.8) is 0 Å². The van der Waals surface area contributed by atoms with Gasteiger partial charge in [-0.15, -0.1) is 0 Å². The van der Waals surface area contributed by atoms with Gasteiger partial charge in [0.05, 0.1) is 19.4 Å². The lowest BCUT2D eigenvalue weighted by molar-refractivity contribution is -0.140. The number of hydrogen-bond donors (Lipinski definition) is 0. The number of carbonyl (C=O) groups is 1. The summed E-state index contributed by atoms with van der Waals surface area (Å²) in [5.74, 6) is 0.768. The molecule has 6 heteroatoms. The van der Waals surface area contributed by atoms with Gasteiger partial charge < -0.3 is 14.5 Å². The second-order valence-corrected chi connectivity index (χ2v) is 7.67. The maximum absolute atomic E-state index is 13.2. The number of ether oxygens (including phenoxy) is 1. The van der Waals surface area contributed by atoms with Gasteiger partial charge in [-0.2, -0.15) is 0 Å². The standard InChI is InChI=1S/C23H25FN2O3/c1-28-20-11-7-17(8-12-20)22-13-21(29-25-22)15-26(23(27)18-3-2-4-18)14-16-5-9-19(24)10-6-16/h5-12,18,21H,2-4,13-15H2,1H3. The third-order valence-electron chi connectivity index (χ3n) is 5.63. The highest BCUT2D eigenvalue weighted by atomic mass is 19.1. The van der Waals surface area contributed by atoms with Crippen molar-refractivity contribution < 1.29 is 18.8 Å². The molecule has 2 aliphatic rings. The fourth-order valence-corrected chi connectivity index (χ4v) is 3.68. The molecule has 1 aliphatic heterocycles. The molecule has 5 nitrogen and oxygen atoms in total. The second kappa shape index (κ2) is 8.64. The van der Waals surface area contributed by atoms with Crippen molar-refractivity contribution in [1.82, 2.24) is 4.90 Å². The second-order valence-electron chi connectivity index (χ2n) is 7.67. The molecule has 2 aromatic rings. The van der Waals surface area contributed by atoms with E-state index in [1.54, 1.807) is 19.2 Å². The smallest absolute Gasteiger partial charge is 0.226 e. The average Bonchev–Trinajstić information content (AvgIpc) is 3.16. The minimum absolute atomic E-state index is 0.0961. The van der Waals surface area contributed by atoms with E-state index in [0.717, 1.165) is 41.9 Å². The van der Waals surface area contributed by atoms with E-state index in [4.69, 9.17) is 9.57 Å². The molecule has 2 aromatic carbocycles. The normalized spacial score (nSPS) is 18.6. The lowest BCUT2D eigenvalue weighted by Gasteiger charge is -2.32. The molecular weight excluding hydrogens is 371 g/mol. The molecule has 0 N–H and O–H groups in total. The summed E-state index contributed by atoms with van der Waals surface area (Å²) < 4.78 is 18.4.